The lowest BCUT2D eigenvalue weighted by Crippen LogP contribution is -2.42. The maximum Gasteiger partial charge on any atom is 0.236 e. The summed E-state index contributed by atoms with van der Waals surface area (Å²) in [6, 6.07) is 10.8. The van der Waals surface area contributed by atoms with E-state index in [-0.39, 0.29) is 5.91 Å². The number of benzene rings is 1. The van der Waals surface area contributed by atoms with E-state index in [4.69, 9.17) is 0 Å². The number of amides is 1. The van der Waals surface area contributed by atoms with Gasteiger partial charge in [-0.2, -0.15) is 0 Å². The van der Waals surface area contributed by atoms with Crippen LogP contribution in [0.5, 0.6) is 0 Å². The van der Waals surface area contributed by atoms with Crippen LogP contribution in [0.1, 0.15) is 38.2 Å². The van der Waals surface area contributed by atoms with Crippen molar-refractivity contribution in [3.8, 4) is 0 Å². The van der Waals surface area contributed by atoms with E-state index in [0.717, 1.165) is 38.4 Å². The Morgan fingerprint density at radius 3 is 2.55 bits per heavy atom. The maximum absolute atomic E-state index is 12.2. The van der Waals surface area contributed by atoms with E-state index in [0.29, 0.717) is 6.54 Å². The largest absolute Gasteiger partial charge is 0.345 e. The molecule has 3 nitrogen and oxygen atoms in total. The summed E-state index contributed by atoms with van der Waals surface area (Å²) in [5.41, 5.74) is 1.44. The summed E-state index contributed by atoms with van der Waals surface area (Å²) >= 11 is 0. The lowest BCUT2D eigenvalue weighted by atomic mass is 9.90. The molecule has 0 N–H and O–H groups in total. The molecule has 1 aromatic carbocycles. The summed E-state index contributed by atoms with van der Waals surface area (Å²) in [5.74, 6) is 1.04. The van der Waals surface area contributed by atoms with Crippen LogP contribution in [0.4, 0.5) is 0 Å². The molecule has 1 aromatic rings. The molecule has 0 radical (unpaired) electrons. The number of carbonyl (C=O) groups is 1. The minimum Gasteiger partial charge on any atom is -0.345 e. The molecule has 0 aromatic heterocycles. The molecule has 0 bridgehead atoms. The molecule has 22 heavy (non-hydrogen) atoms. The standard InChI is InChI=1S/C19H30N2O/c1-3-4-12-20(2)19(22)16-21-13-10-18(11-14-21)15-17-8-6-5-7-9-17/h5-9,18H,3-4,10-16H2,1-2H3. The normalized spacial score (nSPS) is 16.6. The fourth-order valence-corrected chi connectivity index (χ4v) is 3.13. The third-order valence-electron chi connectivity index (χ3n) is 4.71. The Balaban J connectivity index is 1.69. The second kappa shape index (κ2) is 8.94. The predicted molar refractivity (Wildman–Crippen MR) is 91.9 cm³/mol. The number of piperidine rings is 1. The molecule has 1 fully saturated rings. The van der Waals surface area contributed by atoms with Gasteiger partial charge in [0.15, 0.2) is 0 Å². The van der Waals surface area contributed by atoms with Crippen molar-refractivity contribution >= 4 is 5.91 Å². The zero-order valence-electron chi connectivity index (χ0n) is 14.1. The zero-order valence-corrected chi connectivity index (χ0v) is 14.1. The quantitative estimate of drug-likeness (QED) is 0.772. The summed E-state index contributed by atoms with van der Waals surface area (Å²) in [5, 5.41) is 0. The molecule has 1 aliphatic heterocycles. The number of likely N-dealkylation sites (N-methyl/N-ethyl adjacent to an activating group) is 1. The van der Waals surface area contributed by atoms with Gasteiger partial charge in [-0.05, 0) is 50.3 Å². The smallest absolute Gasteiger partial charge is 0.236 e. The Kier molecular flexibility index (Phi) is 6.91. The van der Waals surface area contributed by atoms with E-state index in [2.05, 4.69) is 42.2 Å². The average molecular weight is 302 g/mol. The number of unbranched alkanes of at least 4 members (excludes halogenated alkanes) is 1. The van der Waals surface area contributed by atoms with E-state index >= 15 is 0 Å². The van der Waals surface area contributed by atoms with Gasteiger partial charge in [-0.25, -0.2) is 0 Å². The molecule has 0 unspecified atom stereocenters. The third kappa shape index (κ3) is 5.45. The van der Waals surface area contributed by atoms with Gasteiger partial charge in [0.05, 0.1) is 6.54 Å². The molecule has 122 valence electrons. The van der Waals surface area contributed by atoms with Gasteiger partial charge in [0, 0.05) is 13.6 Å². The average Bonchev–Trinajstić information content (AvgIpc) is 2.55. The fraction of sp³-hybridized carbons (Fsp3) is 0.632. The first-order chi connectivity index (χ1) is 10.7. The van der Waals surface area contributed by atoms with Crippen LogP contribution in [-0.4, -0.2) is 48.9 Å². The van der Waals surface area contributed by atoms with E-state index in [1.807, 2.05) is 11.9 Å². The summed E-state index contributed by atoms with van der Waals surface area (Å²) in [6.45, 7) is 5.77. The second-order valence-electron chi connectivity index (χ2n) is 6.58. The van der Waals surface area contributed by atoms with Crippen molar-refractivity contribution in [2.75, 3.05) is 33.2 Å². The van der Waals surface area contributed by atoms with Gasteiger partial charge in [0.1, 0.15) is 0 Å². The first-order valence-electron chi connectivity index (χ1n) is 8.69. The minimum absolute atomic E-state index is 0.273. The van der Waals surface area contributed by atoms with Crippen molar-refractivity contribution in [2.45, 2.75) is 39.0 Å². The Bertz CT molecular complexity index is 438. The lowest BCUT2D eigenvalue weighted by Gasteiger charge is -2.32. The Hall–Kier alpha value is -1.35. The number of hydrogen-bond acceptors (Lipinski definition) is 2. The van der Waals surface area contributed by atoms with Crippen LogP contribution >= 0.6 is 0 Å². The number of nitrogens with zero attached hydrogens (tertiary/aromatic N) is 2. The van der Waals surface area contributed by atoms with Gasteiger partial charge in [-0.3, -0.25) is 9.69 Å². The van der Waals surface area contributed by atoms with Crippen molar-refractivity contribution in [1.29, 1.82) is 0 Å². The fourth-order valence-electron chi connectivity index (χ4n) is 3.13. The molecular formula is C19H30N2O. The van der Waals surface area contributed by atoms with Crippen molar-refractivity contribution in [3.63, 3.8) is 0 Å². The second-order valence-corrected chi connectivity index (χ2v) is 6.58. The molecule has 0 saturated carbocycles. The molecule has 0 atom stereocenters. The van der Waals surface area contributed by atoms with Crippen LogP contribution in [0, 0.1) is 5.92 Å². The van der Waals surface area contributed by atoms with Crippen LogP contribution in [0.25, 0.3) is 0 Å². The van der Waals surface area contributed by atoms with Gasteiger partial charge in [0.25, 0.3) is 0 Å². The predicted octanol–water partition coefficient (Wildman–Crippen LogP) is 3.20. The topological polar surface area (TPSA) is 23.6 Å². The lowest BCUT2D eigenvalue weighted by molar-refractivity contribution is -0.131. The van der Waals surface area contributed by atoms with E-state index in [1.54, 1.807) is 0 Å². The molecule has 2 rings (SSSR count). The zero-order chi connectivity index (χ0) is 15.8. The highest BCUT2D eigenvalue weighted by atomic mass is 16.2. The molecular weight excluding hydrogens is 272 g/mol. The van der Waals surface area contributed by atoms with Crippen LogP contribution in [0.15, 0.2) is 30.3 Å². The van der Waals surface area contributed by atoms with Gasteiger partial charge in [0.2, 0.25) is 5.91 Å². The number of rotatable bonds is 7. The number of hydrogen-bond donors (Lipinski definition) is 0. The Morgan fingerprint density at radius 1 is 1.23 bits per heavy atom. The molecule has 1 amide bonds. The van der Waals surface area contributed by atoms with E-state index in [9.17, 15) is 4.79 Å². The summed E-state index contributed by atoms with van der Waals surface area (Å²) < 4.78 is 0. The van der Waals surface area contributed by atoms with Crippen molar-refractivity contribution in [2.24, 2.45) is 5.92 Å². The first kappa shape index (κ1) is 17.0. The summed E-state index contributed by atoms with van der Waals surface area (Å²) in [6.07, 6.45) is 5.84. The van der Waals surface area contributed by atoms with Crippen LogP contribution in [-0.2, 0) is 11.2 Å². The summed E-state index contributed by atoms with van der Waals surface area (Å²) in [4.78, 5) is 16.4. The van der Waals surface area contributed by atoms with Gasteiger partial charge in [-0.15, -0.1) is 0 Å². The first-order valence-corrected chi connectivity index (χ1v) is 8.69. The molecule has 0 aliphatic carbocycles. The van der Waals surface area contributed by atoms with Gasteiger partial charge >= 0.3 is 0 Å². The van der Waals surface area contributed by atoms with Gasteiger partial charge in [-0.1, -0.05) is 43.7 Å². The third-order valence-corrected chi connectivity index (χ3v) is 4.71. The summed E-state index contributed by atoms with van der Waals surface area (Å²) in [7, 11) is 1.93. The van der Waals surface area contributed by atoms with Crippen molar-refractivity contribution in [1.82, 2.24) is 9.80 Å². The minimum atomic E-state index is 0.273. The number of likely N-dealkylation sites (tertiary alicyclic amines) is 1. The maximum atomic E-state index is 12.2. The molecule has 1 heterocycles. The highest BCUT2D eigenvalue weighted by Crippen LogP contribution is 2.21. The monoisotopic (exact) mass is 302 g/mol. The van der Waals surface area contributed by atoms with Crippen molar-refractivity contribution < 1.29 is 4.79 Å². The van der Waals surface area contributed by atoms with Crippen molar-refractivity contribution in [3.05, 3.63) is 35.9 Å². The molecule has 1 saturated heterocycles. The Labute approximate surface area is 135 Å². The SMILES string of the molecule is CCCCN(C)C(=O)CN1CCC(Cc2ccccc2)CC1. The van der Waals surface area contributed by atoms with Gasteiger partial charge < -0.3 is 4.90 Å². The highest BCUT2D eigenvalue weighted by Gasteiger charge is 2.22. The highest BCUT2D eigenvalue weighted by molar-refractivity contribution is 5.77. The molecule has 3 heteroatoms. The molecule has 0 spiro atoms. The van der Waals surface area contributed by atoms with Crippen LogP contribution in [0.2, 0.25) is 0 Å². The van der Waals surface area contributed by atoms with E-state index < -0.39 is 0 Å². The van der Waals surface area contributed by atoms with E-state index in [1.165, 1.54) is 24.8 Å². The van der Waals surface area contributed by atoms with Crippen LogP contribution in [0.3, 0.4) is 0 Å². The van der Waals surface area contributed by atoms with Crippen LogP contribution < -0.4 is 0 Å². The Morgan fingerprint density at radius 2 is 1.91 bits per heavy atom. The molecule has 1 aliphatic rings. The number of carbonyl (C=O) groups excluding carboxylic acids is 1.